The number of phenols is 1. The molecule has 0 heterocycles. The van der Waals surface area contributed by atoms with Gasteiger partial charge in [0.15, 0.2) is 5.75 Å². The zero-order valence-electron chi connectivity index (χ0n) is 13.6. The maximum atomic E-state index is 10.6. The summed E-state index contributed by atoms with van der Waals surface area (Å²) in [6, 6.07) is 29.8. The van der Waals surface area contributed by atoms with Crippen molar-refractivity contribution in [2.24, 2.45) is 0 Å². The Morgan fingerprint density at radius 1 is 0.640 bits per heavy atom. The summed E-state index contributed by atoms with van der Waals surface area (Å²) in [4.78, 5) is 2.04. The number of hydrogen-bond donors (Lipinski definition) is 2. The van der Waals surface area contributed by atoms with Gasteiger partial charge in [0, 0.05) is 11.1 Å². The number of nitrogens with two attached hydrogens (primary N) is 1. The predicted octanol–water partition coefficient (Wildman–Crippen LogP) is 5.60. The number of rotatable bonds is 3. The van der Waals surface area contributed by atoms with Gasteiger partial charge in [0.1, 0.15) is 0 Å². The van der Waals surface area contributed by atoms with Gasteiger partial charge in [-0.2, -0.15) is 0 Å². The van der Waals surface area contributed by atoms with Gasteiger partial charge in [-0.15, -0.1) is 0 Å². The van der Waals surface area contributed by atoms with E-state index in [1.165, 1.54) is 0 Å². The quantitative estimate of drug-likeness (QED) is 0.381. The van der Waals surface area contributed by atoms with Crippen LogP contribution in [0.2, 0.25) is 0 Å². The lowest BCUT2D eigenvalue weighted by Crippen LogP contribution is -2.11. The zero-order chi connectivity index (χ0) is 17.2. The Balaban J connectivity index is 2.03. The van der Waals surface area contributed by atoms with Crippen molar-refractivity contribution in [2.45, 2.75) is 0 Å². The second kappa shape index (κ2) is 6.21. The molecular formula is C22H18N2O. The van der Waals surface area contributed by atoms with Gasteiger partial charge >= 0.3 is 0 Å². The van der Waals surface area contributed by atoms with Gasteiger partial charge in [0.25, 0.3) is 0 Å². The van der Waals surface area contributed by atoms with Crippen LogP contribution in [0.3, 0.4) is 0 Å². The molecule has 25 heavy (non-hydrogen) atoms. The van der Waals surface area contributed by atoms with Crippen LogP contribution in [-0.2, 0) is 0 Å². The fourth-order valence-corrected chi connectivity index (χ4v) is 3.12. The van der Waals surface area contributed by atoms with Gasteiger partial charge < -0.3 is 15.7 Å². The van der Waals surface area contributed by atoms with Crippen molar-refractivity contribution in [3.8, 4) is 5.75 Å². The smallest absolute Gasteiger partial charge is 0.162 e. The van der Waals surface area contributed by atoms with E-state index in [1.807, 2.05) is 65.6 Å². The van der Waals surface area contributed by atoms with Crippen molar-refractivity contribution < 1.29 is 5.11 Å². The lowest BCUT2D eigenvalue weighted by molar-refractivity contribution is 0.479. The molecule has 3 N–H and O–H groups in total. The molecule has 0 aromatic heterocycles. The second-order valence-electron chi connectivity index (χ2n) is 5.88. The first-order chi connectivity index (χ1) is 12.3. The highest BCUT2D eigenvalue weighted by atomic mass is 16.3. The topological polar surface area (TPSA) is 49.5 Å². The van der Waals surface area contributed by atoms with Crippen molar-refractivity contribution >= 4 is 33.5 Å². The Morgan fingerprint density at radius 3 is 2.12 bits per heavy atom. The van der Waals surface area contributed by atoms with Crippen LogP contribution in [0, 0.1) is 0 Å². The molecule has 0 radical (unpaired) electrons. The molecule has 0 atom stereocenters. The summed E-state index contributed by atoms with van der Waals surface area (Å²) in [6.07, 6.45) is 0. The van der Waals surface area contributed by atoms with E-state index in [0.717, 1.165) is 22.1 Å². The molecule has 0 bridgehead atoms. The Morgan fingerprint density at radius 2 is 1.28 bits per heavy atom. The molecule has 0 unspecified atom stereocenters. The lowest BCUT2D eigenvalue weighted by atomic mass is 10.1. The molecule has 0 fully saturated rings. The van der Waals surface area contributed by atoms with Gasteiger partial charge in [0.2, 0.25) is 0 Å². The van der Waals surface area contributed by atoms with E-state index in [9.17, 15) is 5.11 Å². The van der Waals surface area contributed by atoms with Crippen LogP contribution in [0.1, 0.15) is 0 Å². The fraction of sp³-hybridized carbons (Fsp3) is 0. The Labute approximate surface area is 146 Å². The predicted molar refractivity (Wildman–Crippen MR) is 105 cm³/mol. The maximum absolute atomic E-state index is 10.6. The summed E-state index contributed by atoms with van der Waals surface area (Å²) in [5.41, 5.74) is 8.91. The Hall–Kier alpha value is -3.46. The number of aromatic hydroxyl groups is 1. The van der Waals surface area contributed by atoms with Crippen molar-refractivity contribution in [2.75, 3.05) is 10.6 Å². The summed E-state index contributed by atoms with van der Waals surface area (Å²) in [6.45, 7) is 0. The van der Waals surface area contributed by atoms with Gasteiger partial charge in [-0.1, -0.05) is 60.7 Å². The molecule has 122 valence electrons. The third-order valence-electron chi connectivity index (χ3n) is 4.31. The average molecular weight is 326 g/mol. The normalized spacial score (nSPS) is 10.7. The van der Waals surface area contributed by atoms with E-state index in [-0.39, 0.29) is 5.75 Å². The third kappa shape index (κ3) is 2.66. The summed E-state index contributed by atoms with van der Waals surface area (Å²) in [5.74, 6) is 0.0827. The van der Waals surface area contributed by atoms with Gasteiger partial charge in [-0.3, -0.25) is 0 Å². The van der Waals surface area contributed by atoms with E-state index >= 15 is 0 Å². The molecule has 0 aliphatic heterocycles. The largest absolute Gasteiger partial charge is 0.504 e. The van der Waals surface area contributed by atoms with Crippen LogP contribution < -0.4 is 10.6 Å². The molecule has 0 aliphatic rings. The van der Waals surface area contributed by atoms with Crippen molar-refractivity contribution in [3.63, 3.8) is 0 Å². The van der Waals surface area contributed by atoms with E-state index in [1.54, 1.807) is 6.07 Å². The maximum Gasteiger partial charge on any atom is 0.162 e. The zero-order valence-corrected chi connectivity index (χ0v) is 13.6. The lowest BCUT2D eigenvalue weighted by Gasteiger charge is -2.27. The highest BCUT2D eigenvalue weighted by molar-refractivity contribution is 5.99. The van der Waals surface area contributed by atoms with E-state index in [0.29, 0.717) is 11.4 Å². The minimum atomic E-state index is 0.0827. The highest BCUT2D eigenvalue weighted by Crippen LogP contribution is 2.44. The number of fused-ring (bicyclic) bond motifs is 1. The number of anilines is 4. The number of nitrogens with zero attached hydrogens (tertiary/aromatic N) is 1. The van der Waals surface area contributed by atoms with Crippen LogP contribution in [0.25, 0.3) is 10.8 Å². The van der Waals surface area contributed by atoms with E-state index in [4.69, 9.17) is 5.73 Å². The van der Waals surface area contributed by atoms with Gasteiger partial charge in [-0.25, -0.2) is 0 Å². The SMILES string of the molecule is Nc1cccc(N(c2ccccc2)c2cccc3ccccc23)c1O. The molecule has 0 aliphatic carbocycles. The number of benzene rings is 4. The Kier molecular flexibility index (Phi) is 3.75. The standard InChI is InChI=1S/C22H18N2O/c23-19-13-7-15-21(22(19)25)24(17-10-2-1-3-11-17)20-14-6-9-16-8-4-5-12-18(16)20/h1-15,25H,23H2. The molecule has 4 rings (SSSR count). The summed E-state index contributed by atoms with van der Waals surface area (Å²) in [7, 11) is 0. The molecule has 4 aromatic carbocycles. The van der Waals surface area contributed by atoms with E-state index < -0.39 is 0 Å². The van der Waals surface area contributed by atoms with Crippen LogP contribution in [0.5, 0.6) is 5.75 Å². The van der Waals surface area contributed by atoms with Crippen molar-refractivity contribution in [1.82, 2.24) is 0 Å². The molecule has 4 aromatic rings. The van der Waals surface area contributed by atoms with Crippen molar-refractivity contribution in [1.29, 1.82) is 0 Å². The molecule has 3 nitrogen and oxygen atoms in total. The molecule has 0 spiro atoms. The van der Waals surface area contributed by atoms with E-state index in [2.05, 4.69) is 24.3 Å². The minimum Gasteiger partial charge on any atom is -0.504 e. The second-order valence-corrected chi connectivity index (χ2v) is 5.88. The van der Waals surface area contributed by atoms with Crippen LogP contribution >= 0.6 is 0 Å². The number of nitrogen functional groups attached to an aromatic ring is 1. The Bertz CT molecular complexity index is 1020. The van der Waals surface area contributed by atoms with Crippen molar-refractivity contribution in [3.05, 3.63) is 91.0 Å². The highest BCUT2D eigenvalue weighted by Gasteiger charge is 2.18. The summed E-state index contributed by atoms with van der Waals surface area (Å²) >= 11 is 0. The summed E-state index contributed by atoms with van der Waals surface area (Å²) < 4.78 is 0. The first-order valence-electron chi connectivity index (χ1n) is 8.16. The number of phenolic OH excluding ortho intramolecular Hbond substituents is 1. The summed E-state index contributed by atoms with van der Waals surface area (Å²) in [5, 5.41) is 12.8. The molecule has 3 heteroatoms. The van der Waals surface area contributed by atoms with Crippen LogP contribution in [-0.4, -0.2) is 5.11 Å². The molecule has 0 saturated heterocycles. The van der Waals surface area contributed by atoms with Crippen LogP contribution in [0.4, 0.5) is 22.7 Å². The molecular weight excluding hydrogens is 308 g/mol. The number of hydrogen-bond acceptors (Lipinski definition) is 3. The van der Waals surface area contributed by atoms with Crippen LogP contribution in [0.15, 0.2) is 91.0 Å². The first-order valence-corrected chi connectivity index (χ1v) is 8.16. The fourth-order valence-electron chi connectivity index (χ4n) is 3.12. The molecule has 0 saturated carbocycles. The third-order valence-corrected chi connectivity index (χ3v) is 4.31. The average Bonchev–Trinajstić information content (AvgIpc) is 2.66. The minimum absolute atomic E-state index is 0.0827. The van der Waals surface area contributed by atoms with Gasteiger partial charge in [-0.05, 0) is 35.7 Å². The molecule has 0 amide bonds. The monoisotopic (exact) mass is 326 g/mol. The number of para-hydroxylation sites is 2. The first kappa shape index (κ1) is 15.1. The van der Waals surface area contributed by atoms with Gasteiger partial charge in [0.05, 0.1) is 17.1 Å².